The molecule has 1 saturated heterocycles. The van der Waals surface area contributed by atoms with Gasteiger partial charge in [-0.05, 0) is 10.4 Å². The molecule has 0 bridgehead atoms. The van der Waals surface area contributed by atoms with Gasteiger partial charge in [-0.25, -0.2) is 4.68 Å². The number of aliphatic carboxylic acids is 1. The molecule has 2 aliphatic heterocycles. The fraction of sp³-hybridized carbons (Fsp3) is 0.462. The van der Waals surface area contributed by atoms with Gasteiger partial charge in [0.05, 0.1) is 11.7 Å². The fourth-order valence-electron chi connectivity index (χ4n) is 2.59. The monoisotopic (exact) mass is 404 g/mol. The normalized spacial score (nSPS) is 20.9. The minimum atomic E-state index is -1.54. The second kappa shape index (κ2) is 8.82. The summed E-state index contributed by atoms with van der Waals surface area (Å²) in [5.41, 5.74) is -0.0424. The molecule has 0 unspecified atom stereocenters. The molecule has 14 heteroatoms. The Bertz CT molecular complexity index is 799. The number of hydrogen-bond donors (Lipinski definition) is 1. The molecule has 2 amide bonds. The standard InChI is InChI=1S/C13H14N6O6S.Na/c1-6(20)25-3-7-4-26-12-9(11(22)19(12)10(7)13(23)24)15-8(21)2-18-5-14-16-17-18;/h5,9,12H,2-4H2,1H3,(H,15,21)(H,23,24);/q;+1/p-1/t9-,12-;/m1./s1. The fourth-order valence-corrected chi connectivity index (χ4v) is 3.92. The van der Waals surface area contributed by atoms with Crippen molar-refractivity contribution in [1.29, 1.82) is 0 Å². The number of amides is 2. The van der Waals surface area contributed by atoms with E-state index in [1.807, 2.05) is 0 Å². The number of rotatable bonds is 6. The molecule has 27 heavy (non-hydrogen) atoms. The summed E-state index contributed by atoms with van der Waals surface area (Å²) in [6, 6.07) is -0.867. The first-order valence-electron chi connectivity index (χ1n) is 7.40. The molecule has 12 nitrogen and oxygen atoms in total. The molecule has 1 aromatic rings. The summed E-state index contributed by atoms with van der Waals surface area (Å²) in [5, 5.41) is 23.8. The summed E-state index contributed by atoms with van der Waals surface area (Å²) < 4.78 is 6.01. The molecule has 1 aromatic heterocycles. The Morgan fingerprint density at radius 2 is 2.19 bits per heavy atom. The Hall–Kier alpha value is -1.96. The van der Waals surface area contributed by atoms with Crippen LogP contribution in [0.4, 0.5) is 0 Å². The van der Waals surface area contributed by atoms with Crippen molar-refractivity contribution in [2.24, 2.45) is 0 Å². The number of fused-ring (bicyclic) bond motifs is 1. The van der Waals surface area contributed by atoms with Crippen LogP contribution in [0.5, 0.6) is 0 Å². The number of carboxylic acids is 1. The van der Waals surface area contributed by atoms with Gasteiger partial charge >= 0.3 is 35.5 Å². The van der Waals surface area contributed by atoms with Crippen LogP contribution < -0.4 is 40.0 Å². The molecular weight excluding hydrogens is 391 g/mol. The zero-order valence-electron chi connectivity index (χ0n) is 14.4. The number of carboxylic acid groups (broad SMARTS) is 1. The van der Waals surface area contributed by atoms with Gasteiger partial charge in [0.15, 0.2) is 0 Å². The number of thioether (sulfide) groups is 1. The van der Waals surface area contributed by atoms with Crippen molar-refractivity contribution in [3.63, 3.8) is 0 Å². The van der Waals surface area contributed by atoms with E-state index >= 15 is 0 Å². The van der Waals surface area contributed by atoms with Crippen LogP contribution in [0.15, 0.2) is 17.6 Å². The molecule has 2 atom stereocenters. The molecule has 3 heterocycles. The molecule has 138 valence electrons. The molecule has 3 rings (SSSR count). The minimum absolute atomic E-state index is 0. The number of nitrogens with one attached hydrogen (secondary N) is 1. The zero-order valence-corrected chi connectivity index (χ0v) is 17.3. The number of carbonyl (C=O) groups is 4. The van der Waals surface area contributed by atoms with Crippen LogP contribution in [0.25, 0.3) is 0 Å². The number of β-lactam (4-membered cyclic amide) rings is 1. The van der Waals surface area contributed by atoms with Gasteiger partial charge in [0, 0.05) is 18.2 Å². The van der Waals surface area contributed by atoms with Crippen molar-refractivity contribution in [3.8, 4) is 0 Å². The molecule has 0 saturated carbocycles. The summed E-state index contributed by atoms with van der Waals surface area (Å²) in [7, 11) is 0. The summed E-state index contributed by atoms with van der Waals surface area (Å²) in [6.45, 7) is 0.788. The van der Waals surface area contributed by atoms with Crippen LogP contribution >= 0.6 is 11.8 Å². The van der Waals surface area contributed by atoms with Crippen molar-refractivity contribution in [3.05, 3.63) is 17.6 Å². The first-order valence-corrected chi connectivity index (χ1v) is 8.45. The van der Waals surface area contributed by atoms with Crippen molar-refractivity contribution < 1.29 is 58.6 Å². The molecule has 0 radical (unpaired) electrons. The number of aromatic nitrogens is 4. The quantitative estimate of drug-likeness (QED) is 0.274. The van der Waals surface area contributed by atoms with E-state index in [1.54, 1.807) is 0 Å². The predicted molar refractivity (Wildman–Crippen MR) is 81.5 cm³/mol. The van der Waals surface area contributed by atoms with Crippen molar-refractivity contribution in [2.45, 2.75) is 24.9 Å². The predicted octanol–water partition coefficient (Wildman–Crippen LogP) is -6.36. The van der Waals surface area contributed by atoms with E-state index in [2.05, 4.69) is 20.8 Å². The Labute approximate surface area is 178 Å². The van der Waals surface area contributed by atoms with Crippen molar-refractivity contribution in [2.75, 3.05) is 12.4 Å². The Balaban J connectivity index is 0.00000261. The van der Waals surface area contributed by atoms with Crippen molar-refractivity contribution in [1.82, 2.24) is 30.4 Å². The summed E-state index contributed by atoms with van der Waals surface area (Å²) in [6.07, 6.45) is 1.25. The Morgan fingerprint density at radius 1 is 1.44 bits per heavy atom. The maximum Gasteiger partial charge on any atom is 1.00 e. The summed E-state index contributed by atoms with van der Waals surface area (Å²) in [5.74, 6) is -2.94. The summed E-state index contributed by atoms with van der Waals surface area (Å²) in [4.78, 5) is 47.8. The van der Waals surface area contributed by atoms with Gasteiger partial charge in [0.25, 0.3) is 5.91 Å². The van der Waals surface area contributed by atoms with Crippen LogP contribution in [0.3, 0.4) is 0 Å². The molecule has 1 N–H and O–H groups in total. The maximum absolute atomic E-state index is 12.4. The van der Waals surface area contributed by atoms with E-state index in [0.29, 0.717) is 0 Å². The third kappa shape index (κ3) is 4.48. The average Bonchev–Trinajstić information content (AvgIpc) is 3.09. The van der Waals surface area contributed by atoms with Gasteiger partial charge in [-0.3, -0.25) is 19.3 Å². The van der Waals surface area contributed by atoms with E-state index in [1.165, 1.54) is 29.7 Å². The van der Waals surface area contributed by atoms with E-state index in [4.69, 9.17) is 4.74 Å². The molecule has 2 aliphatic rings. The van der Waals surface area contributed by atoms with E-state index in [0.717, 1.165) is 4.90 Å². The average molecular weight is 404 g/mol. The van der Waals surface area contributed by atoms with Crippen LogP contribution in [0.2, 0.25) is 0 Å². The van der Waals surface area contributed by atoms with E-state index < -0.39 is 35.2 Å². The third-order valence-corrected chi connectivity index (χ3v) is 5.04. The number of hydrogen-bond acceptors (Lipinski definition) is 10. The minimum Gasteiger partial charge on any atom is -0.543 e. The van der Waals surface area contributed by atoms with Gasteiger partial charge in [0.1, 0.15) is 30.9 Å². The van der Waals surface area contributed by atoms with Gasteiger partial charge < -0.3 is 20.0 Å². The molecule has 0 aromatic carbocycles. The first-order chi connectivity index (χ1) is 12.4. The van der Waals surface area contributed by atoms with E-state index in [-0.39, 0.29) is 59.7 Å². The van der Waals surface area contributed by atoms with Crippen LogP contribution in [-0.2, 0) is 30.5 Å². The van der Waals surface area contributed by atoms with Gasteiger partial charge in [-0.15, -0.1) is 16.9 Å². The number of carbonyl (C=O) groups excluding carboxylic acids is 4. The van der Waals surface area contributed by atoms with Gasteiger partial charge in [0.2, 0.25) is 5.91 Å². The topological polar surface area (TPSA) is 159 Å². The molecule has 0 spiro atoms. The smallest absolute Gasteiger partial charge is 0.543 e. The van der Waals surface area contributed by atoms with E-state index in [9.17, 15) is 24.3 Å². The molecule has 0 aliphatic carbocycles. The SMILES string of the molecule is CC(=O)OCC1=C(C(=O)[O-])N2C(=O)[C@@H](NC(=O)Cn3cnnn3)[C@H]2SC1.[Na+]. The molecular formula is C13H13N6NaO6S. The maximum atomic E-state index is 12.4. The number of esters is 1. The number of ether oxygens (including phenoxy) is 1. The second-order valence-electron chi connectivity index (χ2n) is 5.48. The van der Waals surface area contributed by atoms with Gasteiger partial charge in [-0.1, -0.05) is 0 Å². The molecule has 1 fully saturated rings. The summed E-state index contributed by atoms with van der Waals surface area (Å²) >= 11 is 1.26. The van der Waals surface area contributed by atoms with Crippen LogP contribution in [0, 0.1) is 0 Å². The first kappa shape index (κ1) is 21.3. The van der Waals surface area contributed by atoms with Crippen molar-refractivity contribution >= 4 is 35.5 Å². The van der Waals surface area contributed by atoms with Crippen LogP contribution in [-0.4, -0.2) is 72.6 Å². The second-order valence-corrected chi connectivity index (χ2v) is 6.59. The number of nitrogens with zero attached hydrogens (tertiary/aromatic N) is 5. The number of tetrazole rings is 1. The third-order valence-electron chi connectivity index (χ3n) is 3.70. The largest absolute Gasteiger partial charge is 1.00 e. The zero-order chi connectivity index (χ0) is 18.8. The van der Waals surface area contributed by atoms with Crippen LogP contribution in [0.1, 0.15) is 6.92 Å². The Kier molecular flexibility index (Phi) is 6.97. The van der Waals surface area contributed by atoms with Gasteiger partial charge in [-0.2, -0.15) is 0 Å². The Morgan fingerprint density at radius 3 is 2.78 bits per heavy atom.